The first-order chi connectivity index (χ1) is 11.7. The highest BCUT2D eigenvalue weighted by molar-refractivity contribution is 9.10. The zero-order valence-electron chi connectivity index (χ0n) is 12.5. The average Bonchev–Trinajstić information content (AvgIpc) is 2.55. The molecule has 0 saturated carbocycles. The lowest BCUT2D eigenvalue weighted by Crippen LogP contribution is -2.15. The monoisotopic (exact) mass is 441 g/mol. The van der Waals surface area contributed by atoms with Gasteiger partial charge in [-0.2, -0.15) is 0 Å². The molecule has 0 fully saturated rings. The lowest BCUT2D eigenvalue weighted by Gasteiger charge is -2.12. The second kappa shape index (κ2) is 6.37. The number of sulfonamides is 2. The molecule has 0 saturated heterocycles. The van der Waals surface area contributed by atoms with E-state index in [9.17, 15) is 16.8 Å². The quantitative estimate of drug-likeness (QED) is 0.643. The Labute approximate surface area is 153 Å². The van der Waals surface area contributed by atoms with Crippen LogP contribution in [-0.4, -0.2) is 21.8 Å². The molecule has 0 aliphatic rings. The number of hydrogen-bond acceptors (Lipinski definition) is 5. The number of benzene rings is 2. The SMILES string of the molecule is NS(=O)(=O)c1ccc(NS(=O)(=O)c2cccc3cccnc23)c(Br)c1. The minimum absolute atomic E-state index is 0.0213. The average molecular weight is 442 g/mol. The Kier molecular flexibility index (Phi) is 4.54. The summed E-state index contributed by atoms with van der Waals surface area (Å²) in [5.74, 6) is 0. The molecule has 0 amide bonds. The maximum absolute atomic E-state index is 12.7. The van der Waals surface area contributed by atoms with Crippen molar-refractivity contribution in [2.45, 2.75) is 9.79 Å². The van der Waals surface area contributed by atoms with E-state index in [2.05, 4.69) is 25.6 Å². The van der Waals surface area contributed by atoms with Gasteiger partial charge in [-0.25, -0.2) is 22.0 Å². The third kappa shape index (κ3) is 3.66. The molecule has 2 aromatic carbocycles. The summed E-state index contributed by atoms with van der Waals surface area (Å²) >= 11 is 3.15. The van der Waals surface area contributed by atoms with E-state index in [4.69, 9.17) is 5.14 Å². The van der Waals surface area contributed by atoms with Crippen molar-refractivity contribution >= 4 is 52.6 Å². The molecule has 25 heavy (non-hydrogen) atoms. The largest absolute Gasteiger partial charge is 0.278 e. The molecule has 3 N–H and O–H groups in total. The van der Waals surface area contributed by atoms with Crippen LogP contribution in [0, 0.1) is 0 Å². The van der Waals surface area contributed by atoms with Crippen molar-refractivity contribution < 1.29 is 16.8 Å². The molecule has 10 heteroatoms. The summed E-state index contributed by atoms with van der Waals surface area (Å²) < 4.78 is 50.9. The number of fused-ring (bicyclic) bond motifs is 1. The van der Waals surface area contributed by atoms with Gasteiger partial charge in [-0.1, -0.05) is 18.2 Å². The molecular weight excluding hydrogens is 430 g/mol. The number of anilines is 1. The summed E-state index contributed by atoms with van der Waals surface area (Å²) in [7, 11) is -7.82. The van der Waals surface area contributed by atoms with Crippen molar-refractivity contribution in [3.63, 3.8) is 0 Å². The summed E-state index contributed by atoms with van der Waals surface area (Å²) in [6.45, 7) is 0. The third-order valence-corrected chi connectivity index (χ3v) is 6.36. The van der Waals surface area contributed by atoms with Gasteiger partial charge in [0.2, 0.25) is 10.0 Å². The molecule has 1 aromatic heterocycles. The van der Waals surface area contributed by atoms with E-state index < -0.39 is 20.0 Å². The Bertz CT molecular complexity index is 1170. The number of primary sulfonamides is 1. The summed E-state index contributed by atoms with van der Waals surface area (Å²) in [6, 6.07) is 12.1. The van der Waals surface area contributed by atoms with Crippen molar-refractivity contribution in [3.8, 4) is 0 Å². The van der Waals surface area contributed by atoms with Crippen LogP contribution in [-0.2, 0) is 20.0 Å². The predicted octanol–water partition coefficient (Wildman–Crippen LogP) is 2.45. The van der Waals surface area contributed by atoms with Crippen molar-refractivity contribution in [2.24, 2.45) is 5.14 Å². The van der Waals surface area contributed by atoms with Gasteiger partial charge in [0.25, 0.3) is 10.0 Å². The molecule has 0 aliphatic carbocycles. The lowest BCUT2D eigenvalue weighted by molar-refractivity contribution is 0.597. The normalized spacial score (nSPS) is 12.2. The minimum Gasteiger partial charge on any atom is -0.278 e. The van der Waals surface area contributed by atoms with Gasteiger partial charge < -0.3 is 0 Å². The zero-order chi connectivity index (χ0) is 18.2. The van der Waals surface area contributed by atoms with Gasteiger partial charge in [0, 0.05) is 16.1 Å². The van der Waals surface area contributed by atoms with E-state index in [0.717, 1.165) is 0 Å². The van der Waals surface area contributed by atoms with Crippen molar-refractivity contribution in [1.82, 2.24) is 4.98 Å². The second-order valence-corrected chi connectivity index (χ2v) is 9.19. The number of rotatable bonds is 4. The Morgan fingerprint density at radius 1 is 1.00 bits per heavy atom. The molecule has 7 nitrogen and oxygen atoms in total. The summed E-state index contributed by atoms with van der Waals surface area (Å²) in [5, 5.41) is 5.75. The van der Waals surface area contributed by atoms with E-state index >= 15 is 0 Å². The van der Waals surface area contributed by atoms with Crippen LogP contribution in [0.3, 0.4) is 0 Å². The van der Waals surface area contributed by atoms with Crippen LogP contribution in [0.1, 0.15) is 0 Å². The van der Waals surface area contributed by atoms with E-state index in [1.807, 2.05) is 0 Å². The highest BCUT2D eigenvalue weighted by Gasteiger charge is 2.20. The maximum atomic E-state index is 12.7. The number of hydrogen-bond donors (Lipinski definition) is 2. The molecule has 1 heterocycles. The number of nitrogens with two attached hydrogens (primary N) is 1. The van der Waals surface area contributed by atoms with Gasteiger partial charge in [-0.15, -0.1) is 0 Å². The maximum Gasteiger partial charge on any atom is 0.264 e. The number of para-hydroxylation sites is 1. The highest BCUT2D eigenvalue weighted by Crippen LogP contribution is 2.29. The van der Waals surface area contributed by atoms with Gasteiger partial charge >= 0.3 is 0 Å². The molecule has 3 rings (SSSR count). The predicted molar refractivity (Wildman–Crippen MR) is 98.1 cm³/mol. The molecule has 0 aliphatic heterocycles. The summed E-state index contributed by atoms with van der Waals surface area (Å²) in [5.41, 5.74) is 0.523. The van der Waals surface area contributed by atoms with E-state index in [1.165, 1.54) is 30.5 Å². The van der Waals surface area contributed by atoms with Crippen molar-refractivity contribution in [1.29, 1.82) is 0 Å². The molecule has 0 radical (unpaired) electrons. The minimum atomic E-state index is -3.93. The molecule has 3 aromatic rings. The fraction of sp³-hybridized carbons (Fsp3) is 0. The van der Waals surface area contributed by atoms with Gasteiger partial charge in [0.05, 0.1) is 16.1 Å². The molecule has 130 valence electrons. The second-order valence-electron chi connectivity index (χ2n) is 5.12. The van der Waals surface area contributed by atoms with Crippen LogP contribution in [0.2, 0.25) is 0 Å². The van der Waals surface area contributed by atoms with Gasteiger partial charge in [-0.3, -0.25) is 9.71 Å². The zero-order valence-corrected chi connectivity index (χ0v) is 15.8. The number of pyridine rings is 1. The van der Waals surface area contributed by atoms with E-state index in [1.54, 1.807) is 24.3 Å². The molecule has 0 spiro atoms. The Balaban J connectivity index is 2.05. The smallest absolute Gasteiger partial charge is 0.264 e. The van der Waals surface area contributed by atoms with E-state index in [0.29, 0.717) is 10.9 Å². The fourth-order valence-electron chi connectivity index (χ4n) is 2.25. The Morgan fingerprint density at radius 3 is 2.40 bits per heavy atom. The van der Waals surface area contributed by atoms with Crippen LogP contribution in [0.15, 0.2) is 69.0 Å². The molecular formula is C15H12BrN3O4S2. The van der Waals surface area contributed by atoms with Crippen molar-refractivity contribution in [3.05, 3.63) is 59.2 Å². The first kappa shape index (κ1) is 17.8. The topological polar surface area (TPSA) is 119 Å². The first-order valence-corrected chi connectivity index (χ1v) is 10.7. The van der Waals surface area contributed by atoms with Crippen LogP contribution in [0.25, 0.3) is 10.9 Å². The Morgan fingerprint density at radius 2 is 1.72 bits per heavy atom. The number of halogens is 1. The fourth-order valence-corrected chi connectivity index (χ4v) is 4.81. The summed E-state index contributed by atoms with van der Waals surface area (Å²) in [6.07, 6.45) is 1.51. The summed E-state index contributed by atoms with van der Waals surface area (Å²) in [4.78, 5) is 4.02. The number of nitrogens with zero attached hydrogens (tertiary/aromatic N) is 1. The van der Waals surface area contributed by atoms with Crippen molar-refractivity contribution in [2.75, 3.05) is 4.72 Å². The van der Waals surface area contributed by atoms with Gasteiger partial charge in [0.15, 0.2) is 0 Å². The van der Waals surface area contributed by atoms with Gasteiger partial charge in [-0.05, 0) is 46.3 Å². The van der Waals surface area contributed by atoms with Crippen LogP contribution < -0.4 is 9.86 Å². The Hall–Kier alpha value is -2.01. The molecule has 0 bridgehead atoms. The molecule has 0 atom stereocenters. The van der Waals surface area contributed by atoms with Crippen LogP contribution in [0.5, 0.6) is 0 Å². The van der Waals surface area contributed by atoms with Crippen LogP contribution in [0.4, 0.5) is 5.69 Å². The first-order valence-electron chi connectivity index (χ1n) is 6.87. The standard InChI is InChI=1S/C15H12BrN3O4S2/c16-12-9-11(24(17,20)21)6-7-13(12)19-25(22,23)14-5-1-3-10-4-2-8-18-15(10)14/h1-9,19H,(H2,17,20,21). The highest BCUT2D eigenvalue weighted by atomic mass is 79.9. The number of nitrogens with one attached hydrogen (secondary N) is 1. The number of aromatic nitrogens is 1. The third-order valence-electron chi connectivity index (χ3n) is 3.40. The van der Waals surface area contributed by atoms with E-state index in [-0.39, 0.29) is 20.0 Å². The van der Waals surface area contributed by atoms with Crippen LogP contribution >= 0.6 is 15.9 Å². The van der Waals surface area contributed by atoms with Gasteiger partial charge in [0.1, 0.15) is 4.90 Å². The molecule has 0 unspecified atom stereocenters. The lowest BCUT2D eigenvalue weighted by atomic mass is 10.2.